The van der Waals surface area contributed by atoms with E-state index in [4.69, 9.17) is 4.74 Å². The van der Waals surface area contributed by atoms with Crippen LogP contribution in [0.1, 0.15) is 10.4 Å². The van der Waals surface area contributed by atoms with Crippen LogP contribution in [0.3, 0.4) is 0 Å². The van der Waals surface area contributed by atoms with Crippen molar-refractivity contribution < 1.29 is 9.53 Å². The molecule has 1 amide bonds. The third kappa shape index (κ3) is 3.77. The Morgan fingerprint density at radius 1 is 0.960 bits per heavy atom. The van der Waals surface area contributed by atoms with Crippen molar-refractivity contribution in [2.24, 2.45) is 0 Å². The summed E-state index contributed by atoms with van der Waals surface area (Å²) < 4.78 is 5.22. The van der Waals surface area contributed by atoms with Crippen LogP contribution in [0.2, 0.25) is 0 Å². The number of carbonyl (C=O) groups excluding carboxylic acids is 1. The molecule has 25 heavy (non-hydrogen) atoms. The number of hydrogen-bond donors (Lipinski definition) is 1. The second-order valence-electron chi connectivity index (χ2n) is 5.45. The number of ether oxygens (including phenoxy) is 1. The number of rotatable bonds is 5. The highest BCUT2D eigenvalue weighted by molar-refractivity contribution is 6.05. The first-order valence-corrected chi connectivity index (χ1v) is 7.88. The average molecular weight is 333 g/mol. The summed E-state index contributed by atoms with van der Waals surface area (Å²) in [5, 5.41) is 2.79. The van der Waals surface area contributed by atoms with Gasteiger partial charge in [-0.15, -0.1) is 0 Å². The fourth-order valence-electron chi connectivity index (χ4n) is 2.47. The van der Waals surface area contributed by atoms with E-state index in [1.807, 2.05) is 54.4 Å². The molecule has 0 fully saturated rings. The summed E-state index contributed by atoms with van der Waals surface area (Å²) in [5.41, 5.74) is 2.47. The first kappa shape index (κ1) is 16.5. The Hall–Kier alpha value is -3.34. The van der Waals surface area contributed by atoms with Crippen molar-refractivity contribution in [1.29, 1.82) is 0 Å². The molecule has 2 aromatic carbocycles. The molecule has 5 heteroatoms. The van der Waals surface area contributed by atoms with Crippen molar-refractivity contribution >= 4 is 23.1 Å². The van der Waals surface area contributed by atoms with Gasteiger partial charge in [0.1, 0.15) is 11.6 Å². The van der Waals surface area contributed by atoms with Gasteiger partial charge in [0.15, 0.2) is 0 Å². The number of pyridine rings is 1. The summed E-state index contributed by atoms with van der Waals surface area (Å²) >= 11 is 0. The van der Waals surface area contributed by atoms with Gasteiger partial charge in [0.2, 0.25) is 0 Å². The van der Waals surface area contributed by atoms with Crippen molar-refractivity contribution in [3.8, 4) is 5.75 Å². The molecule has 3 rings (SSSR count). The van der Waals surface area contributed by atoms with E-state index in [-0.39, 0.29) is 5.91 Å². The van der Waals surface area contributed by atoms with E-state index < -0.39 is 0 Å². The third-order valence-corrected chi connectivity index (χ3v) is 3.87. The first-order chi connectivity index (χ1) is 12.2. The summed E-state index contributed by atoms with van der Waals surface area (Å²) in [4.78, 5) is 18.8. The first-order valence-electron chi connectivity index (χ1n) is 7.88. The number of benzene rings is 2. The maximum Gasteiger partial charge on any atom is 0.260 e. The Morgan fingerprint density at radius 3 is 2.36 bits per heavy atom. The zero-order chi connectivity index (χ0) is 17.6. The Kier molecular flexibility index (Phi) is 4.95. The van der Waals surface area contributed by atoms with Crippen LogP contribution in [0.5, 0.6) is 5.75 Å². The number of hydrogen-bond acceptors (Lipinski definition) is 4. The quantitative estimate of drug-likeness (QED) is 0.763. The van der Waals surface area contributed by atoms with E-state index in [0.29, 0.717) is 17.1 Å². The molecule has 0 spiro atoms. The molecule has 0 aliphatic rings. The lowest BCUT2D eigenvalue weighted by molar-refractivity contribution is 0.102. The molecule has 0 unspecified atom stereocenters. The summed E-state index contributed by atoms with van der Waals surface area (Å²) in [6, 6.07) is 20.8. The van der Waals surface area contributed by atoms with Crippen molar-refractivity contribution in [2.75, 3.05) is 24.4 Å². The van der Waals surface area contributed by atoms with Gasteiger partial charge in [-0.3, -0.25) is 4.79 Å². The fraction of sp³-hybridized carbons (Fsp3) is 0.100. The van der Waals surface area contributed by atoms with Gasteiger partial charge in [-0.05, 0) is 36.4 Å². The smallest absolute Gasteiger partial charge is 0.260 e. The number of nitrogens with zero attached hydrogens (tertiary/aromatic N) is 2. The van der Waals surface area contributed by atoms with Crippen LogP contribution < -0.4 is 15.0 Å². The van der Waals surface area contributed by atoms with Crippen LogP contribution in [0.15, 0.2) is 72.9 Å². The lowest BCUT2D eigenvalue weighted by Gasteiger charge is -2.19. The zero-order valence-electron chi connectivity index (χ0n) is 14.1. The van der Waals surface area contributed by atoms with Crippen molar-refractivity contribution in [3.05, 3.63) is 78.5 Å². The van der Waals surface area contributed by atoms with Gasteiger partial charge in [-0.2, -0.15) is 0 Å². The molecule has 5 nitrogen and oxygen atoms in total. The zero-order valence-corrected chi connectivity index (χ0v) is 14.1. The maximum atomic E-state index is 12.4. The van der Waals surface area contributed by atoms with Crippen LogP contribution in [0, 0.1) is 0 Å². The molecular weight excluding hydrogens is 314 g/mol. The number of aromatic nitrogens is 1. The maximum absolute atomic E-state index is 12.4. The van der Waals surface area contributed by atoms with Crippen molar-refractivity contribution in [1.82, 2.24) is 4.98 Å². The number of anilines is 3. The molecule has 0 saturated carbocycles. The number of methoxy groups -OCH3 is 1. The normalized spacial score (nSPS) is 10.2. The van der Waals surface area contributed by atoms with E-state index in [9.17, 15) is 4.79 Å². The molecule has 1 heterocycles. The second-order valence-corrected chi connectivity index (χ2v) is 5.45. The Labute approximate surface area is 146 Å². The minimum atomic E-state index is -0.255. The van der Waals surface area contributed by atoms with Gasteiger partial charge in [0, 0.05) is 12.7 Å². The summed E-state index contributed by atoms with van der Waals surface area (Å²) in [7, 11) is 3.51. The number of para-hydroxylation sites is 2. The number of carbonyl (C=O) groups is 1. The molecule has 0 aliphatic heterocycles. The average Bonchev–Trinajstić information content (AvgIpc) is 2.68. The van der Waals surface area contributed by atoms with E-state index >= 15 is 0 Å². The highest BCUT2D eigenvalue weighted by atomic mass is 16.5. The van der Waals surface area contributed by atoms with Crippen LogP contribution in [0.25, 0.3) is 0 Å². The Bertz CT molecular complexity index is 848. The predicted octanol–water partition coefficient (Wildman–Crippen LogP) is 4.11. The van der Waals surface area contributed by atoms with Gasteiger partial charge < -0.3 is 15.0 Å². The van der Waals surface area contributed by atoms with E-state index in [1.165, 1.54) is 0 Å². The molecule has 0 bridgehead atoms. The molecule has 0 radical (unpaired) electrons. The number of nitrogens with one attached hydrogen (secondary N) is 1. The van der Waals surface area contributed by atoms with Gasteiger partial charge in [-0.25, -0.2) is 4.98 Å². The van der Waals surface area contributed by atoms with Gasteiger partial charge >= 0.3 is 0 Å². The summed E-state index contributed by atoms with van der Waals surface area (Å²) in [6.07, 6.45) is 1.73. The van der Waals surface area contributed by atoms with Crippen LogP contribution in [-0.4, -0.2) is 25.0 Å². The predicted molar refractivity (Wildman–Crippen MR) is 99.7 cm³/mol. The Morgan fingerprint density at radius 2 is 1.68 bits per heavy atom. The topological polar surface area (TPSA) is 54.5 Å². The van der Waals surface area contributed by atoms with Crippen LogP contribution in [-0.2, 0) is 0 Å². The van der Waals surface area contributed by atoms with E-state index in [1.54, 1.807) is 37.6 Å². The molecule has 3 aromatic rings. The Balaban J connectivity index is 1.73. The molecular formula is C20H19N3O2. The minimum Gasteiger partial charge on any atom is -0.496 e. The second kappa shape index (κ2) is 7.49. The van der Waals surface area contributed by atoms with Gasteiger partial charge in [0.05, 0.1) is 24.6 Å². The minimum absolute atomic E-state index is 0.255. The van der Waals surface area contributed by atoms with Crippen LogP contribution >= 0.6 is 0 Å². The largest absolute Gasteiger partial charge is 0.496 e. The van der Waals surface area contributed by atoms with Crippen molar-refractivity contribution in [2.45, 2.75) is 0 Å². The van der Waals surface area contributed by atoms with Gasteiger partial charge in [0.25, 0.3) is 5.91 Å². The SMILES string of the molecule is COc1ccccc1C(=O)Nc1ccc(N(C)c2ccccc2)cn1. The molecule has 1 N–H and O–H groups in total. The highest BCUT2D eigenvalue weighted by Crippen LogP contribution is 2.24. The molecule has 0 atom stereocenters. The lowest BCUT2D eigenvalue weighted by Crippen LogP contribution is -2.14. The molecule has 0 saturated heterocycles. The summed E-state index contributed by atoms with van der Waals surface area (Å²) in [6.45, 7) is 0. The number of amides is 1. The standard InChI is InChI=1S/C20H19N3O2/c1-23(15-8-4-3-5-9-15)16-12-13-19(21-14-16)22-20(24)17-10-6-7-11-18(17)25-2/h3-14H,1-2H3,(H,21,22,24). The van der Waals surface area contributed by atoms with E-state index in [0.717, 1.165) is 11.4 Å². The summed E-state index contributed by atoms with van der Waals surface area (Å²) in [5.74, 6) is 0.760. The van der Waals surface area contributed by atoms with Gasteiger partial charge in [-0.1, -0.05) is 30.3 Å². The molecule has 0 aliphatic carbocycles. The van der Waals surface area contributed by atoms with Crippen LogP contribution in [0.4, 0.5) is 17.2 Å². The highest BCUT2D eigenvalue weighted by Gasteiger charge is 2.12. The van der Waals surface area contributed by atoms with E-state index in [2.05, 4.69) is 10.3 Å². The lowest BCUT2D eigenvalue weighted by atomic mass is 10.2. The fourth-order valence-corrected chi connectivity index (χ4v) is 2.47. The molecule has 1 aromatic heterocycles. The monoisotopic (exact) mass is 333 g/mol. The third-order valence-electron chi connectivity index (χ3n) is 3.87. The molecule has 126 valence electrons. The van der Waals surface area contributed by atoms with Crippen molar-refractivity contribution in [3.63, 3.8) is 0 Å².